The number of piperidine rings is 1. The zero-order chi connectivity index (χ0) is 30.7. The van der Waals surface area contributed by atoms with Gasteiger partial charge < -0.3 is 20.9 Å². The van der Waals surface area contributed by atoms with E-state index >= 15 is 0 Å². The fraction of sp³-hybridized carbons (Fsp3) is 0.621. The Bertz CT molecular complexity index is 1310. The Morgan fingerprint density at radius 3 is 2.44 bits per heavy atom. The summed E-state index contributed by atoms with van der Waals surface area (Å²) >= 11 is 0. The van der Waals surface area contributed by atoms with Gasteiger partial charge in [-0.05, 0) is 54.1 Å². The SMILES string of the molecule is Cc1ccc2c(c1)C[C@H](C[C@H](C#N)NC(=O)[C@@H]1[C@H]3[C@H](CN1C(=O)[C@@H](NC(=O)C(F)(F)F)C(C)(C)C)C3(C)C)C(=O)N2. The Morgan fingerprint density at radius 2 is 1.85 bits per heavy atom. The maximum absolute atomic E-state index is 13.7. The van der Waals surface area contributed by atoms with Crippen LogP contribution in [0.1, 0.15) is 52.2 Å². The first-order valence-corrected chi connectivity index (χ1v) is 13.6. The molecule has 1 aromatic rings. The van der Waals surface area contributed by atoms with E-state index < -0.39 is 53.4 Å². The molecule has 2 heterocycles. The van der Waals surface area contributed by atoms with Crippen LogP contribution in [0.15, 0.2) is 18.2 Å². The lowest BCUT2D eigenvalue weighted by Gasteiger charge is -2.38. The second-order valence-corrected chi connectivity index (χ2v) is 13.1. The molecule has 2 aliphatic heterocycles. The number of likely N-dealkylation sites (tertiary alicyclic amines) is 1. The predicted octanol–water partition coefficient (Wildman–Crippen LogP) is 3.08. The van der Waals surface area contributed by atoms with Crippen molar-refractivity contribution in [3.63, 3.8) is 0 Å². The number of benzene rings is 1. The van der Waals surface area contributed by atoms with Crippen molar-refractivity contribution in [2.24, 2.45) is 28.6 Å². The van der Waals surface area contributed by atoms with Gasteiger partial charge in [0.1, 0.15) is 18.1 Å². The number of rotatable bonds is 6. The van der Waals surface area contributed by atoms with Crippen molar-refractivity contribution in [3.8, 4) is 6.07 Å². The molecule has 1 aromatic carbocycles. The fourth-order valence-electron chi connectivity index (χ4n) is 6.32. The Labute approximate surface area is 237 Å². The van der Waals surface area contributed by atoms with E-state index in [-0.39, 0.29) is 36.1 Å². The molecule has 6 atom stereocenters. The molecule has 41 heavy (non-hydrogen) atoms. The van der Waals surface area contributed by atoms with E-state index in [1.54, 1.807) is 0 Å². The van der Waals surface area contributed by atoms with Crippen molar-refractivity contribution >= 4 is 29.3 Å². The number of carbonyl (C=O) groups excluding carboxylic acids is 4. The largest absolute Gasteiger partial charge is 0.471 e. The van der Waals surface area contributed by atoms with E-state index in [4.69, 9.17) is 0 Å². The van der Waals surface area contributed by atoms with Crippen molar-refractivity contribution < 1.29 is 32.3 Å². The van der Waals surface area contributed by atoms with Gasteiger partial charge >= 0.3 is 12.1 Å². The molecule has 4 amide bonds. The molecular weight excluding hydrogens is 539 g/mol. The minimum absolute atomic E-state index is 0.0475. The number of fused-ring (bicyclic) bond motifs is 2. The molecule has 4 rings (SSSR count). The number of aryl methyl sites for hydroxylation is 1. The summed E-state index contributed by atoms with van der Waals surface area (Å²) in [6, 6.07) is 4.11. The normalized spacial score (nSPS) is 26.0. The molecule has 1 saturated carbocycles. The maximum atomic E-state index is 13.7. The molecule has 0 bridgehead atoms. The minimum atomic E-state index is -5.18. The topological polar surface area (TPSA) is 131 Å². The summed E-state index contributed by atoms with van der Waals surface area (Å²) in [4.78, 5) is 53.1. The lowest BCUT2D eigenvalue weighted by molar-refractivity contribution is -0.176. The third-order valence-electron chi connectivity index (χ3n) is 8.75. The van der Waals surface area contributed by atoms with Gasteiger partial charge in [0.25, 0.3) is 0 Å². The Morgan fingerprint density at radius 1 is 1.20 bits per heavy atom. The number of halogens is 3. The van der Waals surface area contributed by atoms with Crippen LogP contribution >= 0.6 is 0 Å². The summed E-state index contributed by atoms with van der Waals surface area (Å²) in [7, 11) is 0. The lowest BCUT2D eigenvalue weighted by Crippen LogP contribution is -2.61. The Hall–Kier alpha value is -3.62. The highest BCUT2D eigenvalue weighted by Gasteiger charge is 2.70. The zero-order valence-corrected chi connectivity index (χ0v) is 24.0. The van der Waals surface area contributed by atoms with Crippen LogP contribution in [0.2, 0.25) is 0 Å². The van der Waals surface area contributed by atoms with Crippen LogP contribution < -0.4 is 16.0 Å². The molecule has 0 radical (unpaired) electrons. The van der Waals surface area contributed by atoms with Gasteiger partial charge in [-0.1, -0.05) is 52.3 Å². The van der Waals surface area contributed by atoms with Gasteiger partial charge in [0.05, 0.1) is 6.07 Å². The van der Waals surface area contributed by atoms with E-state index in [2.05, 4.69) is 10.6 Å². The molecule has 2 fully saturated rings. The summed E-state index contributed by atoms with van der Waals surface area (Å²) in [5.74, 6) is -4.78. The number of amides is 4. The Balaban J connectivity index is 1.52. The number of hydrogen-bond donors (Lipinski definition) is 3. The van der Waals surface area contributed by atoms with Crippen molar-refractivity contribution in [2.45, 2.75) is 78.7 Å². The highest BCUT2D eigenvalue weighted by Crippen LogP contribution is 2.65. The summed E-state index contributed by atoms with van der Waals surface area (Å²) < 4.78 is 39.2. The number of carbonyl (C=O) groups is 4. The smallest absolute Gasteiger partial charge is 0.339 e. The zero-order valence-electron chi connectivity index (χ0n) is 24.0. The fourth-order valence-corrected chi connectivity index (χ4v) is 6.32. The molecule has 0 unspecified atom stereocenters. The molecule has 0 spiro atoms. The van der Waals surface area contributed by atoms with E-state index in [0.29, 0.717) is 12.1 Å². The average Bonchev–Trinajstić information content (AvgIpc) is 3.19. The summed E-state index contributed by atoms with van der Waals surface area (Å²) in [5.41, 5.74) is 1.29. The van der Waals surface area contributed by atoms with Gasteiger partial charge in [0.2, 0.25) is 17.7 Å². The van der Waals surface area contributed by atoms with E-state index in [0.717, 1.165) is 11.1 Å². The minimum Gasteiger partial charge on any atom is -0.339 e. The molecule has 12 heteroatoms. The van der Waals surface area contributed by atoms with Crippen LogP contribution in [-0.2, 0) is 25.6 Å². The van der Waals surface area contributed by atoms with Crippen LogP contribution in [0.25, 0.3) is 0 Å². The third kappa shape index (κ3) is 5.90. The van der Waals surface area contributed by atoms with Crippen molar-refractivity contribution in [1.82, 2.24) is 15.5 Å². The molecule has 0 aromatic heterocycles. The molecule has 3 aliphatic rings. The lowest BCUT2D eigenvalue weighted by atomic mass is 9.85. The van der Waals surface area contributed by atoms with Gasteiger partial charge in [-0.25, -0.2) is 0 Å². The molecule has 9 nitrogen and oxygen atoms in total. The first kappa shape index (κ1) is 30.3. The average molecular weight is 576 g/mol. The maximum Gasteiger partial charge on any atom is 0.471 e. The van der Waals surface area contributed by atoms with E-state index in [1.165, 1.54) is 25.7 Å². The van der Waals surface area contributed by atoms with E-state index in [9.17, 15) is 37.6 Å². The molecule has 1 aliphatic carbocycles. The standard InChI is InChI=1S/C29H36F3N5O4/c1-14-7-8-19-15(9-14)10-16(23(38)35-19)11-17(12-33)34-24(39)21-20-18(28(20,5)6)13-37(21)25(40)22(27(2,3)4)36-26(41)29(30,31)32/h7-9,16-18,20-22H,10-11,13H2,1-6H3,(H,34,39)(H,35,38)(H,36,41)/t16-,17-,18+,20-,21+,22-/m1/s1. The highest BCUT2D eigenvalue weighted by molar-refractivity contribution is 5.96. The van der Waals surface area contributed by atoms with Crippen molar-refractivity contribution in [3.05, 3.63) is 29.3 Å². The quantitative estimate of drug-likeness (QED) is 0.480. The van der Waals surface area contributed by atoms with Crippen LogP contribution in [0, 0.1) is 46.8 Å². The molecule has 3 N–H and O–H groups in total. The van der Waals surface area contributed by atoms with Crippen molar-refractivity contribution in [2.75, 3.05) is 11.9 Å². The monoisotopic (exact) mass is 575 g/mol. The van der Waals surface area contributed by atoms with Gasteiger partial charge in [-0.3, -0.25) is 19.2 Å². The van der Waals surface area contributed by atoms with Crippen molar-refractivity contribution in [1.29, 1.82) is 5.26 Å². The molecule has 222 valence electrons. The van der Waals surface area contributed by atoms with Crippen LogP contribution in [-0.4, -0.2) is 59.4 Å². The van der Waals surface area contributed by atoms with Gasteiger partial charge in [0.15, 0.2) is 0 Å². The number of alkyl halides is 3. The van der Waals surface area contributed by atoms with Crippen LogP contribution in [0.3, 0.4) is 0 Å². The number of nitrogens with one attached hydrogen (secondary N) is 3. The summed E-state index contributed by atoms with van der Waals surface area (Å²) in [6.45, 7) is 10.6. The van der Waals surface area contributed by atoms with Gasteiger partial charge in [-0.15, -0.1) is 0 Å². The summed E-state index contributed by atoms with van der Waals surface area (Å²) in [6.07, 6.45) is -4.74. The van der Waals surface area contributed by atoms with Crippen LogP contribution in [0.4, 0.5) is 18.9 Å². The number of nitriles is 1. The Kier molecular flexibility index (Phi) is 7.65. The second kappa shape index (κ2) is 10.3. The van der Waals surface area contributed by atoms with Gasteiger partial charge in [-0.2, -0.15) is 18.4 Å². The molecule has 1 saturated heterocycles. The van der Waals surface area contributed by atoms with E-state index in [1.807, 2.05) is 50.4 Å². The number of anilines is 1. The first-order chi connectivity index (χ1) is 18.9. The first-order valence-electron chi connectivity index (χ1n) is 13.6. The predicted molar refractivity (Wildman–Crippen MR) is 143 cm³/mol. The third-order valence-corrected chi connectivity index (χ3v) is 8.75. The number of hydrogen-bond acceptors (Lipinski definition) is 5. The second-order valence-electron chi connectivity index (χ2n) is 13.1. The van der Waals surface area contributed by atoms with Crippen LogP contribution in [0.5, 0.6) is 0 Å². The summed E-state index contributed by atoms with van der Waals surface area (Å²) in [5, 5.41) is 17.2. The number of nitrogens with zero attached hydrogens (tertiary/aromatic N) is 2. The van der Waals surface area contributed by atoms with Gasteiger partial charge in [0, 0.05) is 18.2 Å². The molecular formula is C29H36F3N5O4. The highest BCUT2D eigenvalue weighted by atomic mass is 19.4.